The van der Waals surface area contributed by atoms with Gasteiger partial charge >= 0.3 is 5.97 Å². The first-order valence-electron chi connectivity index (χ1n) is 6.49. The van der Waals surface area contributed by atoms with E-state index in [0.717, 1.165) is 12.1 Å². The molecular weight excluding hydrogens is 246 g/mol. The minimum absolute atomic E-state index is 0.0241. The van der Waals surface area contributed by atoms with E-state index in [-0.39, 0.29) is 6.10 Å². The molecule has 1 N–H and O–H groups in total. The van der Waals surface area contributed by atoms with Crippen LogP contribution in [0.25, 0.3) is 0 Å². The molecule has 1 aliphatic rings. The van der Waals surface area contributed by atoms with Crippen LogP contribution in [0, 0.1) is 6.92 Å². The average molecular weight is 265 g/mol. The number of rotatable bonds is 4. The zero-order valence-corrected chi connectivity index (χ0v) is 11.5. The standard InChI is InChI=1S/C13H19N3O3/c1-8(2)19-11-7-9(3)14-13(15-11)16-6-4-5-10(16)12(17)18/h7-8,10H,4-6H2,1-3H3,(H,17,18). The highest BCUT2D eigenvalue weighted by Gasteiger charge is 2.32. The normalized spacial score (nSPS) is 18.9. The van der Waals surface area contributed by atoms with Gasteiger partial charge < -0.3 is 14.7 Å². The van der Waals surface area contributed by atoms with Gasteiger partial charge in [0.15, 0.2) is 0 Å². The van der Waals surface area contributed by atoms with Crippen molar-refractivity contribution in [3.63, 3.8) is 0 Å². The summed E-state index contributed by atoms with van der Waals surface area (Å²) in [5, 5.41) is 9.20. The Morgan fingerprint density at radius 3 is 2.89 bits per heavy atom. The summed E-state index contributed by atoms with van der Waals surface area (Å²) in [7, 11) is 0. The highest BCUT2D eigenvalue weighted by Crippen LogP contribution is 2.25. The van der Waals surface area contributed by atoms with Crippen LogP contribution >= 0.6 is 0 Å². The van der Waals surface area contributed by atoms with Crippen LogP contribution in [0.3, 0.4) is 0 Å². The summed E-state index contributed by atoms with van der Waals surface area (Å²) < 4.78 is 5.57. The molecule has 0 aromatic carbocycles. The lowest BCUT2D eigenvalue weighted by atomic mass is 10.2. The van der Waals surface area contributed by atoms with Gasteiger partial charge in [0.1, 0.15) is 6.04 Å². The van der Waals surface area contributed by atoms with Crippen LogP contribution in [-0.4, -0.2) is 39.7 Å². The van der Waals surface area contributed by atoms with Gasteiger partial charge in [-0.1, -0.05) is 0 Å². The van der Waals surface area contributed by atoms with Crippen molar-refractivity contribution in [1.29, 1.82) is 0 Å². The SMILES string of the molecule is Cc1cc(OC(C)C)nc(N2CCCC2C(=O)O)n1. The van der Waals surface area contributed by atoms with E-state index < -0.39 is 12.0 Å². The first kappa shape index (κ1) is 13.6. The van der Waals surface area contributed by atoms with Crippen LogP contribution < -0.4 is 9.64 Å². The first-order chi connectivity index (χ1) is 8.97. The van der Waals surface area contributed by atoms with Crippen LogP contribution in [0.15, 0.2) is 6.07 Å². The van der Waals surface area contributed by atoms with E-state index >= 15 is 0 Å². The molecule has 0 aliphatic carbocycles. The molecule has 1 aliphatic heterocycles. The Hall–Kier alpha value is -1.85. The maximum Gasteiger partial charge on any atom is 0.326 e. The monoisotopic (exact) mass is 265 g/mol. The smallest absolute Gasteiger partial charge is 0.326 e. The lowest BCUT2D eigenvalue weighted by Crippen LogP contribution is -2.37. The molecule has 1 unspecified atom stereocenters. The fraction of sp³-hybridized carbons (Fsp3) is 0.615. The minimum Gasteiger partial charge on any atom is -0.480 e. The molecule has 1 fully saturated rings. The van der Waals surface area contributed by atoms with Gasteiger partial charge in [0.2, 0.25) is 11.8 Å². The maximum atomic E-state index is 11.2. The molecule has 1 atom stereocenters. The molecule has 1 aromatic rings. The Kier molecular flexibility index (Phi) is 3.87. The quantitative estimate of drug-likeness (QED) is 0.891. The minimum atomic E-state index is -0.825. The molecule has 104 valence electrons. The molecule has 19 heavy (non-hydrogen) atoms. The second-order valence-corrected chi connectivity index (χ2v) is 5.00. The molecule has 6 nitrogen and oxygen atoms in total. The molecule has 0 radical (unpaired) electrons. The van der Waals surface area contributed by atoms with Gasteiger partial charge in [0.05, 0.1) is 6.10 Å². The predicted octanol–water partition coefficient (Wildman–Crippen LogP) is 1.63. The van der Waals surface area contributed by atoms with Crippen molar-refractivity contribution < 1.29 is 14.6 Å². The Morgan fingerprint density at radius 2 is 2.26 bits per heavy atom. The highest BCUT2D eigenvalue weighted by molar-refractivity contribution is 5.78. The number of aliphatic carboxylic acids is 1. The van der Waals surface area contributed by atoms with E-state index in [1.807, 2.05) is 20.8 Å². The number of carboxylic acid groups (broad SMARTS) is 1. The van der Waals surface area contributed by atoms with Crippen LogP contribution in [0.1, 0.15) is 32.4 Å². The van der Waals surface area contributed by atoms with E-state index in [0.29, 0.717) is 24.8 Å². The summed E-state index contributed by atoms with van der Waals surface area (Å²) in [6, 6.07) is 1.23. The number of hydrogen-bond acceptors (Lipinski definition) is 5. The van der Waals surface area contributed by atoms with Crippen LogP contribution in [0.2, 0.25) is 0 Å². The number of anilines is 1. The molecule has 0 spiro atoms. The highest BCUT2D eigenvalue weighted by atomic mass is 16.5. The summed E-state index contributed by atoms with van der Waals surface area (Å²) in [6.45, 7) is 6.37. The average Bonchev–Trinajstić information content (AvgIpc) is 2.75. The van der Waals surface area contributed by atoms with Crippen molar-refractivity contribution in [1.82, 2.24) is 9.97 Å². The number of nitrogens with zero attached hydrogens (tertiary/aromatic N) is 3. The zero-order valence-electron chi connectivity index (χ0n) is 11.5. The topological polar surface area (TPSA) is 75.5 Å². The molecule has 2 heterocycles. The van der Waals surface area contributed by atoms with Gasteiger partial charge in [-0.3, -0.25) is 0 Å². The van der Waals surface area contributed by atoms with Gasteiger partial charge in [0, 0.05) is 18.3 Å². The Balaban J connectivity index is 2.28. The fourth-order valence-corrected chi connectivity index (χ4v) is 2.22. The fourth-order valence-electron chi connectivity index (χ4n) is 2.22. The second-order valence-electron chi connectivity index (χ2n) is 5.00. The summed E-state index contributed by atoms with van der Waals surface area (Å²) in [5.74, 6) is 0.114. The lowest BCUT2D eigenvalue weighted by Gasteiger charge is -2.22. The van der Waals surface area contributed by atoms with E-state index in [9.17, 15) is 9.90 Å². The van der Waals surface area contributed by atoms with E-state index in [2.05, 4.69) is 9.97 Å². The summed E-state index contributed by atoms with van der Waals surface area (Å²) in [5.41, 5.74) is 0.775. The third-order valence-electron chi connectivity index (χ3n) is 2.97. The third-order valence-corrected chi connectivity index (χ3v) is 2.97. The number of hydrogen-bond donors (Lipinski definition) is 1. The molecule has 1 saturated heterocycles. The summed E-state index contributed by atoms with van der Waals surface area (Å²) in [4.78, 5) is 21.6. The molecular formula is C13H19N3O3. The summed E-state index contributed by atoms with van der Waals surface area (Å²) >= 11 is 0. The second kappa shape index (κ2) is 5.42. The molecule has 6 heteroatoms. The Bertz CT molecular complexity index is 476. The maximum absolute atomic E-state index is 11.2. The lowest BCUT2D eigenvalue weighted by molar-refractivity contribution is -0.138. The van der Waals surface area contributed by atoms with Crippen molar-refractivity contribution >= 4 is 11.9 Å². The summed E-state index contributed by atoms with van der Waals surface area (Å²) in [6.07, 6.45) is 1.50. The van der Waals surface area contributed by atoms with Gasteiger partial charge in [-0.15, -0.1) is 0 Å². The van der Waals surface area contributed by atoms with Crippen LogP contribution in [0.4, 0.5) is 5.95 Å². The van der Waals surface area contributed by atoms with Crippen molar-refractivity contribution in [3.05, 3.63) is 11.8 Å². The molecule has 1 aromatic heterocycles. The van der Waals surface area contributed by atoms with Gasteiger partial charge in [-0.05, 0) is 33.6 Å². The van der Waals surface area contributed by atoms with Crippen molar-refractivity contribution in [3.8, 4) is 5.88 Å². The van der Waals surface area contributed by atoms with Crippen molar-refractivity contribution in [2.24, 2.45) is 0 Å². The number of carbonyl (C=O) groups is 1. The van der Waals surface area contributed by atoms with Crippen molar-refractivity contribution in [2.75, 3.05) is 11.4 Å². The molecule has 0 bridgehead atoms. The Morgan fingerprint density at radius 1 is 1.53 bits per heavy atom. The first-order valence-corrected chi connectivity index (χ1v) is 6.49. The number of aromatic nitrogens is 2. The largest absolute Gasteiger partial charge is 0.480 e. The molecule has 0 amide bonds. The van der Waals surface area contributed by atoms with Crippen LogP contribution in [-0.2, 0) is 4.79 Å². The van der Waals surface area contributed by atoms with Gasteiger partial charge in [-0.25, -0.2) is 9.78 Å². The van der Waals surface area contributed by atoms with Gasteiger partial charge in [0.25, 0.3) is 0 Å². The van der Waals surface area contributed by atoms with E-state index in [1.54, 1.807) is 11.0 Å². The van der Waals surface area contributed by atoms with Gasteiger partial charge in [-0.2, -0.15) is 4.98 Å². The zero-order chi connectivity index (χ0) is 14.0. The van der Waals surface area contributed by atoms with E-state index in [4.69, 9.17) is 4.74 Å². The number of carboxylic acids is 1. The van der Waals surface area contributed by atoms with E-state index in [1.165, 1.54) is 0 Å². The molecule has 2 rings (SSSR count). The van der Waals surface area contributed by atoms with Crippen molar-refractivity contribution in [2.45, 2.75) is 45.8 Å². The number of ether oxygens (including phenoxy) is 1. The number of aryl methyl sites for hydroxylation is 1. The predicted molar refractivity (Wildman–Crippen MR) is 70.5 cm³/mol. The van der Waals surface area contributed by atoms with Crippen LogP contribution in [0.5, 0.6) is 5.88 Å². The Labute approximate surface area is 112 Å². The molecule has 0 saturated carbocycles. The third kappa shape index (κ3) is 3.13.